The van der Waals surface area contributed by atoms with Gasteiger partial charge in [0.05, 0.1) is 24.0 Å². The molecule has 32 heavy (non-hydrogen) atoms. The van der Waals surface area contributed by atoms with Crippen LogP contribution < -0.4 is 10.6 Å². The van der Waals surface area contributed by atoms with Crippen LogP contribution in [0.15, 0.2) is 36.4 Å². The first kappa shape index (κ1) is 22.2. The van der Waals surface area contributed by atoms with Gasteiger partial charge in [-0.2, -0.15) is 5.10 Å². The van der Waals surface area contributed by atoms with Crippen LogP contribution >= 0.6 is 0 Å². The number of carbonyl (C=O) groups is 1. The number of benzene rings is 1. The smallest absolute Gasteiger partial charge is 0.320 e. The number of aromatic nitrogens is 2. The monoisotopic (exact) mass is 436 g/mol. The van der Waals surface area contributed by atoms with E-state index in [1.165, 1.54) is 11.8 Å². The number of methoxy groups -OCH3 is 1. The fraction of sp³-hybridized carbons (Fsp3) is 0.458. The van der Waals surface area contributed by atoms with E-state index < -0.39 is 0 Å². The van der Waals surface area contributed by atoms with Crippen LogP contribution in [0.3, 0.4) is 0 Å². The van der Waals surface area contributed by atoms with Gasteiger partial charge in [0.25, 0.3) is 0 Å². The summed E-state index contributed by atoms with van der Waals surface area (Å²) < 4.78 is 6.94. The molecule has 1 aromatic carbocycles. The maximum Gasteiger partial charge on any atom is 0.320 e. The molecule has 2 amide bonds. The SMILES string of the molecule is C/C=C(\C=N)n1nc2c(c1NC(=O)N[C@@H]1CN(CCOC)C[C@H]1c1ccccc1)CCC2. The van der Waals surface area contributed by atoms with Crippen molar-refractivity contribution in [1.82, 2.24) is 20.0 Å². The molecule has 0 unspecified atom stereocenters. The molecule has 8 nitrogen and oxygen atoms in total. The van der Waals surface area contributed by atoms with Gasteiger partial charge in [-0.15, -0.1) is 0 Å². The van der Waals surface area contributed by atoms with E-state index in [0.29, 0.717) is 18.1 Å². The lowest BCUT2D eigenvalue weighted by Crippen LogP contribution is -2.42. The highest BCUT2D eigenvalue weighted by Crippen LogP contribution is 2.31. The van der Waals surface area contributed by atoms with Gasteiger partial charge < -0.3 is 15.5 Å². The molecule has 1 fully saturated rings. The number of hydrogen-bond donors (Lipinski definition) is 3. The molecule has 1 aliphatic heterocycles. The number of urea groups is 1. The van der Waals surface area contributed by atoms with Crippen LogP contribution in [0.25, 0.3) is 5.70 Å². The topological polar surface area (TPSA) is 95.3 Å². The fourth-order valence-corrected chi connectivity index (χ4v) is 4.76. The second-order valence-electron chi connectivity index (χ2n) is 8.37. The predicted molar refractivity (Wildman–Crippen MR) is 126 cm³/mol. The summed E-state index contributed by atoms with van der Waals surface area (Å²) in [5.41, 5.74) is 3.96. The summed E-state index contributed by atoms with van der Waals surface area (Å²) in [5, 5.41) is 18.6. The van der Waals surface area contributed by atoms with Gasteiger partial charge >= 0.3 is 6.03 Å². The summed E-state index contributed by atoms with van der Waals surface area (Å²) >= 11 is 0. The number of anilines is 1. The average Bonchev–Trinajstić information content (AvgIpc) is 3.50. The Balaban J connectivity index is 1.52. The third-order valence-corrected chi connectivity index (χ3v) is 6.38. The molecule has 1 aliphatic carbocycles. The minimum atomic E-state index is -0.235. The number of ether oxygens (including phenoxy) is 1. The molecule has 2 heterocycles. The lowest BCUT2D eigenvalue weighted by molar-refractivity contribution is 0.159. The minimum absolute atomic E-state index is 0.0115. The molecule has 0 bridgehead atoms. The molecular weight excluding hydrogens is 404 g/mol. The number of amides is 2. The highest BCUT2D eigenvalue weighted by molar-refractivity contribution is 6.02. The van der Waals surface area contributed by atoms with Gasteiger partial charge in [-0.05, 0) is 31.7 Å². The number of hydrogen-bond acceptors (Lipinski definition) is 5. The number of nitrogens with one attached hydrogen (secondary N) is 3. The summed E-state index contributed by atoms with van der Waals surface area (Å²) in [5.74, 6) is 0.888. The zero-order valence-corrected chi connectivity index (χ0v) is 18.8. The molecule has 2 aromatic rings. The van der Waals surface area contributed by atoms with Crippen LogP contribution in [0.4, 0.5) is 10.6 Å². The number of rotatable bonds is 8. The maximum absolute atomic E-state index is 13.1. The van der Waals surface area contributed by atoms with E-state index in [-0.39, 0.29) is 18.0 Å². The van der Waals surface area contributed by atoms with Crippen LogP contribution in [0.2, 0.25) is 0 Å². The highest BCUT2D eigenvalue weighted by atomic mass is 16.5. The van der Waals surface area contributed by atoms with Crippen molar-refractivity contribution in [2.45, 2.75) is 38.1 Å². The quantitative estimate of drug-likeness (QED) is 0.554. The van der Waals surface area contributed by atoms with Crippen molar-refractivity contribution in [3.8, 4) is 0 Å². The van der Waals surface area contributed by atoms with Gasteiger partial charge in [-0.3, -0.25) is 10.2 Å². The fourth-order valence-electron chi connectivity index (χ4n) is 4.76. The first-order chi connectivity index (χ1) is 15.6. The zero-order chi connectivity index (χ0) is 22.5. The highest BCUT2D eigenvalue weighted by Gasteiger charge is 2.35. The summed E-state index contributed by atoms with van der Waals surface area (Å²) in [4.78, 5) is 15.5. The number of fused-ring (bicyclic) bond motifs is 1. The Kier molecular flexibility index (Phi) is 7.02. The van der Waals surface area contributed by atoms with Crippen molar-refractivity contribution in [2.75, 3.05) is 38.7 Å². The zero-order valence-electron chi connectivity index (χ0n) is 18.8. The van der Waals surface area contributed by atoms with Gasteiger partial charge in [0.1, 0.15) is 5.82 Å². The van der Waals surface area contributed by atoms with Crippen LogP contribution in [0, 0.1) is 5.41 Å². The molecule has 1 aromatic heterocycles. The van der Waals surface area contributed by atoms with E-state index in [4.69, 9.17) is 10.1 Å². The van der Waals surface area contributed by atoms with Crippen molar-refractivity contribution in [3.63, 3.8) is 0 Å². The van der Waals surface area contributed by atoms with E-state index in [1.54, 1.807) is 11.8 Å². The van der Waals surface area contributed by atoms with Crippen molar-refractivity contribution in [1.29, 1.82) is 5.41 Å². The molecule has 4 rings (SSSR count). The van der Waals surface area contributed by atoms with E-state index in [2.05, 4.69) is 32.8 Å². The Morgan fingerprint density at radius 2 is 2.09 bits per heavy atom. The van der Waals surface area contributed by atoms with E-state index in [1.807, 2.05) is 31.2 Å². The van der Waals surface area contributed by atoms with E-state index >= 15 is 0 Å². The standard InChI is InChI=1S/C24H32N6O2/c1-3-18(14-25)30-23(19-10-7-11-21(19)28-30)27-24(31)26-22-16-29(12-13-32-2)15-20(22)17-8-5-4-6-9-17/h3-6,8-9,14,20,22,25H,7,10-13,15-16H2,1-2H3,(H2,26,27,31)/b18-3+,25-14?/t20-,22+/m0/s1. The van der Waals surface area contributed by atoms with Crippen LogP contribution in [0.5, 0.6) is 0 Å². The third kappa shape index (κ3) is 4.61. The summed E-state index contributed by atoms with van der Waals surface area (Å²) in [7, 11) is 1.71. The lowest BCUT2D eigenvalue weighted by atomic mass is 9.94. The molecule has 170 valence electrons. The molecular formula is C24H32N6O2. The Hall–Kier alpha value is -2.97. The number of aryl methyl sites for hydroxylation is 1. The first-order valence-electron chi connectivity index (χ1n) is 11.3. The predicted octanol–water partition coefficient (Wildman–Crippen LogP) is 3.12. The van der Waals surface area contributed by atoms with Gasteiger partial charge in [0.15, 0.2) is 0 Å². The Bertz CT molecular complexity index is 984. The molecule has 8 heteroatoms. The number of carbonyl (C=O) groups excluding carboxylic acids is 1. The molecule has 3 N–H and O–H groups in total. The van der Waals surface area contributed by atoms with Gasteiger partial charge in [0.2, 0.25) is 0 Å². The third-order valence-electron chi connectivity index (χ3n) is 6.38. The Labute approximate surface area is 189 Å². The second-order valence-corrected chi connectivity index (χ2v) is 8.37. The van der Waals surface area contributed by atoms with Crippen LogP contribution in [0.1, 0.15) is 36.1 Å². The normalized spacial score (nSPS) is 20.9. The van der Waals surface area contributed by atoms with Crippen molar-refractivity contribution in [2.24, 2.45) is 0 Å². The van der Waals surface area contributed by atoms with Crippen molar-refractivity contribution < 1.29 is 9.53 Å². The minimum Gasteiger partial charge on any atom is -0.383 e. The Morgan fingerprint density at radius 1 is 1.28 bits per heavy atom. The second kappa shape index (κ2) is 10.1. The number of likely N-dealkylation sites (tertiary alicyclic amines) is 1. The number of nitrogens with zero attached hydrogens (tertiary/aromatic N) is 3. The van der Waals surface area contributed by atoms with Gasteiger partial charge in [0, 0.05) is 44.4 Å². The maximum atomic E-state index is 13.1. The average molecular weight is 437 g/mol. The Morgan fingerprint density at radius 3 is 2.81 bits per heavy atom. The summed E-state index contributed by atoms with van der Waals surface area (Å²) in [6.45, 7) is 5.02. The van der Waals surface area contributed by atoms with Gasteiger partial charge in [-0.1, -0.05) is 36.4 Å². The molecule has 0 saturated carbocycles. The first-order valence-corrected chi connectivity index (χ1v) is 11.3. The van der Waals surface area contributed by atoms with Crippen molar-refractivity contribution >= 4 is 23.8 Å². The number of allylic oxidation sites excluding steroid dienone is 2. The molecule has 0 spiro atoms. The molecule has 2 atom stereocenters. The van der Waals surface area contributed by atoms with Crippen LogP contribution in [-0.2, 0) is 17.6 Å². The molecule has 1 saturated heterocycles. The van der Waals surface area contributed by atoms with Crippen molar-refractivity contribution in [3.05, 3.63) is 53.2 Å². The largest absolute Gasteiger partial charge is 0.383 e. The molecule has 0 radical (unpaired) electrons. The molecule has 2 aliphatic rings. The lowest BCUT2D eigenvalue weighted by Gasteiger charge is -2.21. The van der Waals surface area contributed by atoms with E-state index in [0.717, 1.165) is 50.2 Å². The van der Waals surface area contributed by atoms with Gasteiger partial charge in [-0.25, -0.2) is 9.48 Å². The summed E-state index contributed by atoms with van der Waals surface area (Å²) in [6, 6.07) is 10.1. The van der Waals surface area contributed by atoms with E-state index in [9.17, 15) is 4.79 Å². The summed E-state index contributed by atoms with van der Waals surface area (Å²) in [6.07, 6.45) is 5.93. The van der Waals surface area contributed by atoms with Crippen LogP contribution in [-0.4, -0.2) is 66.3 Å².